The van der Waals surface area contributed by atoms with Gasteiger partial charge in [0.25, 0.3) is 0 Å². The molecule has 23 heavy (non-hydrogen) atoms. The van der Waals surface area contributed by atoms with Crippen molar-refractivity contribution in [2.45, 2.75) is 31.7 Å². The number of rotatable bonds is 10. The Balaban J connectivity index is 2.44. The van der Waals surface area contributed by atoms with E-state index in [1.165, 1.54) is 7.11 Å². The molecule has 2 N–H and O–H groups in total. The first kappa shape index (κ1) is 19.4. The van der Waals surface area contributed by atoms with Gasteiger partial charge in [-0.25, -0.2) is 4.79 Å². The second kappa shape index (κ2) is 11.0. The summed E-state index contributed by atoms with van der Waals surface area (Å²) < 4.78 is 9.77. The van der Waals surface area contributed by atoms with Gasteiger partial charge in [-0.15, -0.1) is 0 Å². The van der Waals surface area contributed by atoms with Crippen molar-refractivity contribution in [1.29, 1.82) is 0 Å². The standard InChI is InChI=1S/C15H27N3O5/c1-22-11-15(21)23-10-13-9-17(7-8-18(13)12-19)14(20)5-3-2-4-6-16/h12-13H,2-11,16H2,1H3. The van der Waals surface area contributed by atoms with Gasteiger partial charge in [-0.1, -0.05) is 6.42 Å². The van der Waals surface area contributed by atoms with Gasteiger partial charge in [0.15, 0.2) is 0 Å². The highest BCUT2D eigenvalue weighted by Crippen LogP contribution is 2.12. The van der Waals surface area contributed by atoms with E-state index >= 15 is 0 Å². The molecule has 1 saturated heterocycles. The van der Waals surface area contributed by atoms with E-state index in [0.29, 0.717) is 32.6 Å². The highest BCUT2D eigenvalue weighted by atomic mass is 16.6. The number of hydrogen-bond acceptors (Lipinski definition) is 6. The van der Waals surface area contributed by atoms with Crippen LogP contribution < -0.4 is 5.73 Å². The highest BCUT2D eigenvalue weighted by Gasteiger charge is 2.29. The molecule has 2 amide bonds. The molecule has 0 aliphatic carbocycles. The van der Waals surface area contributed by atoms with Crippen LogP contribution in [0.3, 0.4) is 0 Å². The molecule has 0 saturated carbocycles. The van der Waals surface area contributed by atoms with Gasteiger partial charge in [-0.2, -0.15) is 0 Å². The van der Waals surface area contributed by atoms with E-state index in [2.05, 4.69) is 4.74 Å². The fourth-order valence-electron chi connectivity index (χ4n) is 2.49. The normalized spacial score (nSPS) is 17.9. The second-order valence-corrected chi connectivity index (χ2v) is 5.55. The first-order chi connectivity index (χ1) is 11.1. The third kappa shape index (κ3) is 6.96. The number of nitrogens with two attached hydrogens (primary N) is 1. The molecule has 0 aromatic carbocycles. The molecule has 8 nitrogen and oxygen atoms in total. The summed E-state index contributed by atoms with van der Waals surface area (Å²) in [6, 6.07) is -0.310. The lowest BCUT2D eigenvalue weighted by Crippen LogP contribution is -2.56. The summed E-state index contributed by atoms with van der Waals surface area (Å²) >= 11 is 0. The van der Waals surface area contributed by atoms with Gasteiger partial charge in [-0.3, -0.25) is 9.59 Å². The summed E-state index contributed by atoms with van der Waals surface area (Å²) in [5.74, 6) is -0.413. The molecular formula is C15H27N3O5. The van der Waals surface area contributed by atoms with Crippen molar-refractivity contribution in [3.05, 3.63) is 0 Å². The van der Waals surface area contributed by atoms with E-state index < -0.39 is 5.97 Å². The maximum Gasteiger partial charge on any atom is 0.332 e. The Bertz CT molecular complexity index is 391. The first-order valence-electron chi connectivity index (χ1n) is 7.95. The monoisotopic (exact) mass is 329 g/mol. The van der Waals surface area contributed by atoms with E-state index in [4.69, 9.17) is 10.5 Å². The van der Waals surface area contributed by atoms with Gasteiger partial charge >= 0.3 is 5.97 Å². The van der Waals surface area contributed by atoms with Gasteiger partial charge in [0, 0.05) is 33.2 Å². The molecule has 0 bridgehead atoms. The number of hydrogen-bond donors (Lipinski definition) is 1. The van der Waals surface area contributed by atoms with Gasteiger partial charge in [-0.05, 0) is 19.4 Å². The van der Waals surface area contributed by atoms with Gasteiger partial charge in [0.05, 0.1) is 6.04 Å². The maximum atomic E-state index is 12.2. The first-order valence-corrected chi connectivity index (χ1v) is 7.95. The molecule has 0 radical (unpaired) electrons. The second-order valence-electron chi connectivity index (χ2n) is 5.55. The van der Waals surface area contributed by atoms with E-state index in [1.807, 2.05) is 0 Å². The van der Waals surface area contributed by atoms with Crippen molar-refractivity contribution in [2.75, 3.05) is 46.5 Å². The molecule has 1 rings (SSSR count). The van der Waals surface area contributed by atoms with E-state index in [1.54, 1.807) is 9.80 Å². The molecular weight excluding hydrogens is 302 g/mol. The third-order valence-corrected chi connectivity index (χ3v) is 3.81. The van der Waals surface area contributed by atoms with Crippen LogP contribution >= 0.6 is 0 Å². The van der Waals surface area contributed by atoms with E-state index in [-0.39, 0.29) is 25.2 Å². The maximum absolute atomic E-state index is 12.2. The Morgan fingerprint density at radius 3 is 2.70 bits per heavy atom. The average Bonchev–Trinajstić information content (AvgIpc) is 2.56. The molecule has 1 unspecified atom stereocenters. The van der Waals surface area contributed by atoms with Crippen LogP contribution in [0, 0.1) is 0 Å². The predicted molar refractivity (Wildman–Crippen MR) is 83.5 cm³/mol. The van der Waals surface area contributed by atoms with Crippen molar-refractivity contribution in [3.63, 3.8) is 0 Å². The van der Waals surface area contributed by atoms with Crippen LogP contribution in [0.25, 0.3) is 0 Å². The lowest BCUT2D eigenvalue weighted by Gasteiger charge is -2.39. The summed E-state index contributed by atoms with van der Waals surface area (Å²) in [5.41, 5.74) is 5.43. The molecule has 0 aromatic heterocycles. The van der Waals surface area contributed by atoms with E-state index in [9.17, 15) is 14.4 Å². The summed E-state index contributed by atoms with van der Waals surface area (Å²) in [6.45, 7) is 1.92. The van der Waals surface area contributed by atoms with Crippen LogP contribution in [-0.4, -0.2) is 80.6 Å². The predicted octanol–water partition coefficient (Wildman–Crippen LogP) is -0.636. The number of carbonyl (C=O) groups excluding carboxylic acids is 3. The quantitative estimate of drug-likeness (QED) is 0.325. The molecule has 1 atom stereocenters. The van der Waals surface area contributed by atoms with Gasteiger partial charge < -0.3 is 25.0 Å². The Kier molecular flexibility index (Phi) is 9.23. The molecule has 1 heterocycles. The average molecular weight is 329 g/mol. The Morgan fingerprint density at radius 1 is 1.26 bits per heavy atom. The lowest BCUT2D eigenvalue weighted by molar-refractivity contribution is -0.152. The fraction of sp³-hybridized carbons (Fsp3) is 0.800. The fourth-order valence-corrected chi connectivity index (χ4v) is 2.49. The summed E-state index contributed by atoms with van der Waals surface area (Å²) in [7, 11) is 1.41. The largest absolute Gasteiger partial charge is 0.462 e. The number of methoxy groups -OCH3 is 1. The third-order valence-electron chi connectivity index (χ3n) is 3.81. The Hall–Kier alpha value is -1.67. The summed E-state index contributed by atoms with van der Waals surface area (Å²) in [6.07, 6.45) is 3.89. The van der Waals surface area contributed by atoms with Crippen molar-refractivity contribution in [2.24, 2.45) is 5.73 Å². The zero-order valence-corrected chi connectivity index (χ0v) is 13.7. The van der Waals surface area contributed by atoms with Crippen LogP contribution in [0.4, 0.5) is 0 Å². The van der Waals surface area contributed by atoms with Crippen LogP contribution in [0.1, 0.15) is 25.7 Å². The highest BCUT2D eigenvalue weighted by molar-refractivity contribution is 5.76. The minimum Gasteiger partial charge on any atom is -0.462 e. The minimum absolute atomic E-state index is 0.0673. The van der Waals surface area contributed by atoms with Crippen molar-refractivity contribution in [3.8, 4) is 0 Å². The van der Waals surface area contributed by atoms with Crippen molar-refractivity contribution in [1.82, 2.24) is 9.80 Å². The van der Waals surface area contributed by atoms with Crippen molar-refractivity contribution < 1.29 is 23.9 Å². The molecule has 1 fully saturated rings. The number of ether oxygens (including phenoxy) is 2. The molecule has 0 aromatic rings. The molecule has 8 heteroatoms. The van der Waals surface area contributed by atoms with Crippen LogP contribution in [0.5, 0.6) is 0 Å². The van der Waals surface area contributed by atoms with Gasteiger partial charge in [0.1, 0.15) is 13.2 Å². The number of carbonyl (C=O) groups is 3. The van der Waals surface area contributed by atoms with Crippen molar-refractivity contribution >= 4 is 18.3 Å². The van der Waals surface area contributed by atoms with E-state index in [0.717, 1.165) is 25.7 Å². The molecule has 132 valence electrons. The molecule has 0 spiro atoms. The van der Waals surface area contributed by atoms with Crippen LogP contribution in [0.2, 0.25) is 0 Å². The smallest absolute Gasteiger partial charge is 0.332 e. The topological polar surface area (TPSA) is 102 Å². The molecule has 1 aliphatic heterocycles. The Labute approximate surface area is 136 Å². The van der Waals surface area contributed by atoms with Gasteiger partial charge in [0.2, 0.25) is 12.3 Å². The Morgan fingerprint density at radius 2 is 2.04 bits per heavy atom. The lowest BCUT2D eigenvalue weighted by atomic mass is 10.1. The SMILES string of the molecule is COCC(=O)OCC1CN(C(=O)CCCCCN)CCN1C=O. The number of unbranched alkanes of at least 4 members (excludes halogenated alkanes) is 2. The molecule has 1 aliphatic rings. The van der Waals surface area contributed by atoms with Crippen LogP contribution in [-0.2, 0) is 23.9 Å². The number of esters is 1. The number of piperazine rings is 1. The van der Waals surface area contributed by atoms with Crippen LogP contribution in [0.15, 0.2) is 0 Å². The zero-order valence-electron chi connectivity index (χ0n) is 13.7. The number of nitrogens with zero attached hydrogens (tertiary/aromatic N) is 2. The minimum atomic E-state index is -0.483. The summed E-state index contributed by atoms with van der Waals surface area (Å²) in [4.78, 5) is 38.0. The number of amides is 2. The summed E-state index contributed by atoms with van der Waals surface area (Å²) in [5, 5.41) is 0. The zero-order chi connectivity index (χ0) is 17.1.